The molecule has 0 aliphatic rings. The van der Waals surface area contributed by atoms with Gasteiger partial charge in [0.2, 0.25) is 0 Å². The molecule has 1 unspecified atom stereocenters. The van der Waals surface area contributed by atoms with Crippen LogP contribution in [0, 0.1) is 0 Å². The maximum Gasteiger partial charge on any atom is 0.0946 e. The highest BCUT2D eigenvalue weighted by Gasteiger charge is 2.06. The SMILES string of the molecule is CCCCCCCCCCCOC(C=Cc1ccc(Cl)cc1)Cn1ccnc1. The lowest BCUT2D eigenvalue weighted by molar-refractivity contribution is 0.0710. The lowest BCUT2D eigenvalue weighted by Crippen LogP contribution is -2.17. The summed E-state index contributed by atoms with van der Waals surface area (Å²) < 4.78 is 8.22. The van der Waals surface area contributed by atoms with Gasteiger partial charge in [0.25, 0.3) is 0 Å². The van der Waals surface area contributed by atoms with Crippen LogP contribution in [0.25, 0.3) is 6.08 Å². The molecule has 0 aliphatic heterocycles. The zero-order valence-corrected chi connectivity index (χ0v) is 18.0. The Labute approximate surface area is 175 Å². The van der Waals surface area contributed by atoms with E-state index in [9.17, 15) is 0 Å². The van der Waals surface area contributed by atoms with E-state index >= 15 is 0 Å². The third-order valence-electron chi connectivity index (χ3n) is 4.90. The molecule has 154 valence electrons. The molecular weight excluding hydrogens is 368 g/mol. The normalized spacial score (nSPS) is 12.6. The predicted octanol–water partition coefficient (Wildman–Crippen LogP) is 7.17. The Kier molecular flexibility index (Phi) is 11.7. The average Bonchev–Trinajstić information content (AvgIpc) is 3.21. The first kappa shape index (κ1) is 22.7. The van der Waals surface area contributed by atoms with Gasteiger partial charge in [-0.25, -0.2) is 4.98 Å². The topological polar surface area (TPSA) is 27.1 Å². The molecule has 28 heavy (non-hydrogen) atoms. The van der Waals surface area contributed by atoms with Crippen LogP contribution in [-0.4, -0.2) is 22.3 Å². The highest BCUT2D eigenvalue weighted by atomic mass is 35.5. The van der Waals surface area contributed by atoms with E-state index in [-0.39, 0.29) is 6.10 Å². The second-order valence-electron chi connectivity index (χ2n) is 7.41. The second-order valence-corrected chi connectivity index (χ2v) is 7.84. The molecule has 1 aromatic carbocycles. The lowest BCUT2D eigenvalue weighted by Gasteiger charge is -2.15. The standard InChI is InChI=1S/C24H35ClN2O/c1-2-3-4-5-6-7-8-9-10-19-28-24(20-27-18-17-26-21-27)16-13-22-11-14-23(25)15-12-22/h11-18,21,24H,2-10,19-20H2,1H3. The van der Waals surface area contributed by atoms with Gasteiger partial charge in [0.05, 0.1) is 19.0 Å². The van der Waals surface area contributed by atoms with Crippen LogP contribution in [0.5, 0.6) is 0 Å². The number of benzene rings is 1. The minimum Gasteiger partial charge on any atom is -0.372 e. The summed E-state index contributed by atoms with van der Waals surface area (Å²) in [5, 5.41) is 0.758. The van der Waals surface area contributed by atoms with Crippen LogP contribution < -0.4 is 0 Å². The summed E-state index contributed by atoms with van der Waals surface area (Å²) in [6, 6.07) is 7.87. The Bertz CT molecular complexity index is 637. The summed E-state index contributed by atoms with van der Waals surface area (Å²) in [6.07, 6.45) is 21.9. The van der Waals surface area contributed by atoms with Crippen molar-refractivity contribution in [1.82, 2.24) is 9.55 Å². The molecule has 3 nitrogen and oxygen atoms in total. The highest BCUT2D eigenvalue weighted by molar-refractivity contribution is 6.30. The van der Waals surface area contributed by atoms with Crippen LogP contribution in [0.15, 0.2) is 49.1 Å². The minimum atomic E-state index is 0.0407. The Balaban J connectivity index is 1.68. The molecule has 0 aliphatic carbocycles. The van der Waals surface area contributed by atoms with Crippen molar-refractivity contribution in [3.8, 4) is 0 Å². The van der Waals surface area contributed by atoms with Gasteiger partial charge >= 0.3 is 0 Å². The predicted molar refractivity (Wildman–Crippen MR) is 120 cm³/mol. The molecule has 0 radical (unpaired) electrons. The summed E-state index contributed by atoms with van der Waals surface area (Å²) in [5.41, 5.74) is 1.13. The number of nitrogens with zero attached hydrogens (tertiary/aromatic N) is 2. The molecule has 2 aromatic rings. The minimum absolute atomic E-state index is 0.0407. The van der Waals surface area contributed by atoms with Crippen molar-refractivity contribution in [2.75, 3.05) is 6.61 Å². The van der Waals surface area contributed by atoms with Crippen LogP contribution >= 0.6 is 11.6 Å². The summed E-state index contributed by atoms with van der Waals surface area (Å²) in [4.78, 5) is 4.13. The monoisotopic (exact) mass is 402 g/mol. The molecule has 0 saturated heterocycles. The van der Waals surface area contributed by atoms with Gasteiger partial charge in [-0.2, -0.15) is 0 Å². The Morgan fingerprint density at radius 1 is 1.00 bits per heavy atom. The van der Waals surface area contributed by atoms with E-state index in [4.69, 9.17) is 16.3 Å². The number of ether oxygens (including phenoxy) is 1. The highest BCUT2D eigenvalue weighted by Crippen LogP contribution is 2.13. The molecule has 0 spiro atoms. The Morgan fingerprint density at radius 2 is 1.68 bits per heavy atom. The Morgan fingerprint density at radius 3 is 2.32 bits per heavy atom. The van der Waals surface area contributed by atoms with Gasteiger partial charge in [-0.1, -0.05) is 94.2 Å². The molecule has 2 rings (SSSR count). The molecule has 0 saturated carbocycles. The van der Waals surface area contributed by atoms with E-state index in [0.717, 1.165) is 30.2 Å². The van der Waals surface area contributed by atoms with Crippen molar-refractivity contribution >= 4 is 17.7 Å². The van der Waals surface area contributed by atoms with Gasteiger partial charge < -0.3 is 9.30 Å². The summed E-state index contributed by atoms with van der Waals surface area (Å²) in [6.45, 7) is 3.85. The zero-order valence-electron chi connectivity index (χ0n) is 17.2. The van der Waals surface area contributed by atoms with Gasteiger partial charge in [0.1, 0.15) is 0 Å². The van der Waals surface area contributed by atoms with Crippen molar-refractivity contribution in [2.24, 2.45) is 0 Å². The molecule has 0 N–H and O–H groups in total. The van der Waals surface area contributed by atoms with E-state index < -0.39 is 0 Å². The molecule has 0 amide bonds. The maximum absolute atomic E-state index is 6.16. The number of hydrogen-bond acceptors (Lipinski definition) is 2. The van der Waals surface area contributed by atoms with Gasteiger partial charge in [-0.15, -0.1) is 0 Å². The second kappa shape index (κ2) is 14.4. The van der Waals surface area contributed by atoms with Crippen molar-refractivity contribution in [1.29, 1.82) is 0 Å². The number of aromatic nitrogens is 2. The van der Waals surface area contributed by atoms with Gasteiger partial charge in [0.15, 0.2) is 0 Å². The first-order chi connectivity index (χ1) is 13.8. The van der Waals surface area contributed by atoms with Crippen LogP contribution in [-0.2, 0) is 11.3 Å². The van der Waals surface area contributed by atoms with Gasteiger partial charge in [0, 0.05) is 24.0 Å². The average molecular weight is 403 g/mol. The fourth-order valence-electron chi connectivity index (χ4n) is 3.21. The zero-order chi connectivity index (χ0) is 19.9. The van der Waals surface area contributed by atoms with E-state index in [2.05, 4.69) is 28.6 Å². The van der Waals surface area contributed by atoms with Crippen molar-refractivity contribution in [2.45, 2.75) is 77.4 Å². The molecule has 1 aromatic heterocycles. The van der Waals surface area contributed by atoms with Crippen LogP contribution in [0.1, 0.15) is 70.3 Å². The quantitative estimate of drug-likeness (QED) is 0.295. The summed E-state index contributed by atoms with van der Waals surface area (Å²) >= 11 is 5.96. The van der Waals surface area contributed by atoms with Gasteiger partial charge in [-0.05, 0) is 24.1 Å². The lowest BCUT2D eigenvalue weighted by atomic mass is 10.1. The third-order valence-corrected chi connectivity index (χ3v) is 5.16. The first-order valence-corrected chi connectivity index (χ1v) is 11.2. The smallest absolute Gasteiger partial charge is 0.0946 e. The van der Waals surface area contributed by atoms with Crippen LogP contribution in [0.2, 0.25) is 5.02 Å². The molecule has 1 atom stereocenters. The van der Waals surface area contributed by atoms with Crippen LogP contribution in [0.4, 0.5) is 0 Å². The number of unbranched alkanes of at least 4 members (excludes halogenated alkanes) is 8. The van der Waals surface area contributed by atoms with Crippen LogP contribution in [0.3, 0.4) is 0 Å². The molecule has 4 heteroatoms. The third kappa shape index (κ3) is 10.1. The molecular formula is C24H35ClN2O. The number of imidazole rings is 1. The van der Waals surface area contributed by atoms with E-state index in [1.807, 2.05) is 36.8 Å². The van der Waals surface area contributed by atoms with E-state index in [1.165, 1.54) is 51.4 Å². The molecule has 1 heterocycles. The first-order valence-electron chi connectivity index (χ1n) is 10.8. The fourth-order valence-corrected chi connectivity index (χ4v) is 3.34. The summed E-state index contributed by atoms with van der Waals surface area (Å²) in [5.74, 6) is 0. The largest absolute Gasteiger partial charge is 0.372 e. The maximum atomic E-state index is 6.16. The molecule has 0 bridgehead atoms. The molecule has 0 fully saturated rings. The fraction of sp³-hybridized carbons (Fsp3) is 0.542. The van der Waals surface area contributed by atoms with Crippen molar-refractivity contribution in [3.05, 3.63) is 59.6 Å². The van der Waals surface area contributed by atoms with Crippen molar-refractivity contribution in [3.63, 3.8) is 0 Å². The Hall–Kier alpha value is -1.58. The summed E-state index contributed by atoms with van der Waals surface area (Å²) in [7, 11) is 0. The number of hydrogen-bond donors (Lipinski definition) is 0. The number of rotatable bonds is 15. The van der Waals surface area contributed by atoms with Crippen molar-refractivity contribution < 1.29 is 4.74 Å². The number of halogens is 1. The van der Waals surface area contributed by atoms with E-state index in [1.54, 1.807) is 6.20 Å². The van der Waals surface area contributed by atoms with Gasteiger partial charge in [-0.3, -0.25) is 0 Å². The van der Waals surface area contributed by atoms with E-state index in [0.29, 0.717) is 0 Å².